The Bertz CT molecular complexity index is 480. The van der Waals surface area contributed by atoms with Crippen LogP contribution in [-0.4, -0.2) is 9.36 Å². The first-order chi connectivity index (χ1) is 8.49. The lowest BCUT2D eigenvalue weighted by Gasteiger charge is -2.20. The molecule has 4 heteroatoms. The number of nitrogens with two attached hydrogens (primary N) is 1. The Hall–Kier alpha value is -1.19. The quantitative estimate of drug-likeness (QED) is 0.874. The van der Waals surface area contributed by atoms with Gasteiger partial charge in [0.1, 0.15) is 5.69 Å². The summed E-state index contributed by atoms with van der Waals surface area (Å²) in [6.07, 6.45) is 3.49. The van der Waals surface area contributed by atoms with Crippen LogP contribution in [0.2, 0.25) is 0 Å². The second-order valence-electron chi connectivity index (χ2n) is 5.80. The number of anilines is 1. The minimum Gasteiger partial charge on any atom is -0.393 e. The second kappa shape index (κ2) is 4.82. The molecular formula is C14H25N3O. The molecule has 0 aromatic carbocycles. The first kappa shape index (κ1) is 13.2. The molecule has 1 aliphatic rings. The summed E-state index contributed by atoms with van der Waals surface area (Å²) in [4.78, 5) is 12.4. The maximum Gasteiger partial charge on any atom is 0.290 e. The van der Waals surface area contributed by atoms with Gasteiger partial charge in [-0.2, -0.15) is 0 Å². The molecule has 1 atom stereocenters. The minimum atomic E-state index is 0.00606. The van der Waals surface area contributed by atoms with E-state index in [1.54, 1.807) is 0 Å². The molecule has 0 saturated heterocycles. The number of hydrogen-bond donors (Lipinski definition) is 1. The van der Waals surface area contributed by atoms with E-state index in [2.05, 4.69) is 32.4 Å². The van der Waals surface area contributed by atoms with E-state index in [9.17, 15) is 4.79 Å². The summed E-state index contributed by atoms with van der Waals surface area (Å²) in [6, 6.07) is 0.277. The lowest BCUT2D eigenvalue weighted by atomic mass is 10.1. The molecule has 18 heavy (non-hydrogen) atoms. The van der Waals surface area contributed by atoms with Crippen molar-refractivity contribution in [2.24, 2.45) is 5.92 Å². The average molecular weight is 251 g/mol. The largest absolute Gasteiger partial charge is 0.393 e. The highest BCUT2D eigenvalue weighted by Crippen LogP contribution is 2.39. The van der Waals surface area contributed by atoms with Crippen molar-refractivity contribution < 1.29 is 0 Å². The van der Waals surface area contributed by atoms with Crippen LogP contribution in [0.5, 0.6) is 0 Å². The van der Waals surface area contributed by atoms with Crippen molar-refractivity contribution in [3.8, 4) is 0 Å². The Morgan fingerprint density at radius 2 is 1.94 bits per heavy atom. The average Bonchev–Trinajstić information content (AvgIpc) is 3.09. The van der Waals surface area contributed by atoms with E-state index in [-0.39, 0.29) is 17.5 Å². The van der Waals surface area contributed by atoms with Crippen molar-refractivity contribution in [2.75, 3.05) is 5.73 Å². The van der Waals surface area contributed by atoms with Crippen LogP contribution in [0.25, 0.3) is 0 Å². The van der Waals surface area contributed by atoms with E-state index in [0.29, 0.717) is 11.6 Å². The number of aromatic nitrogens is 2. The third-order valence-corrected chi connectivity index (χ3v) is 3.92. The normalized spacial score (nSPS) is 17.4. The summed E-state index contributed by atoms with van der Waals surface area (Å²) >= 11 is 0. The van der Waals surface area contributed by atoms with Gasteiger partial charge in [0.15, 0.2) is 0 Å². The van der Waals surface area contributed by atoms with E-state index in [4.69, 9.17) is 5.73 Å². The number of nitrogens with zero attached hydrogens (tertiary/aromatic N) is 2. The molecule has 2 N–H and O–H groups in total. The highest BCUT2D eigenvalue weighted by atomic mass is 16.1. The molecule has 0 spiro atoms. The fourth-order valence-electron chi connectivity index (χ4n) is 2.83. The fraction of sp³-hybridized carbons (Fsp3) is 0.786. The molecule has 1 aliphatic carbocycles. The van der Waals surface area contributed by atoms with Crippen LogP contribution in [0.15, 0.2) is 4.79 Å². The molecule has 1 fully saturated rings. The molecule has 0 radical (unpaired) electrons. The van der Waals surface area contributed by atoms with Crippen LogP contribution in [0, 0.1) is 5.92 Å². The molecular weight excluding hydrogens is 226 g/mol. The van der Waals surface area contributed by atoms with Gasteiger partial charge in [0, 0.05) is 6.54 Å². The summed E-state index contributed by atoms with van der Waals surface area (Å²) in [7, 11) is 0. The van der Waals surface area contributed by atoms with Gasteiger partial charge in [-0.25, -0.2) is 4.68 Å². The topological polar surface area (TPSA) is 52.9 Å². The van der Waals surface area contributed by atoms with Crippen LogP contribution in [0.4, 0.5) is 5.69 Å². The SMILES string of the molecule is CCCn1c(C(C)C)c(N)c(=O)n1C(C)C1CC1. The molecule has 4 nitrogen and oxygen atoms in total. The first-order valence-electron chi connectivity index (χ1n) is 7.09. The summed E-state index contributed by atoms with van der Waals surface area (Å²) < 4.78 is 4.04. The molecule has 0 aliphatic heterocycles. The zero-order valence-corrected chi connectivity index (χ0v) is 11.9. The number of nitrogen functional groups attached to an aromatic ring is 1. The van der Waals surface area contributed by atoms with Crippen LogP contribution >= 0.6 is 0 Å². The summed E-state index contributed by atoms with van der Waals surface area (Å²) in [5, 5.41) is 0. The Labute approximate surface area is 109 Å². The van der Waals surface area contributed by atoms with Gasteiger partial charge in [-0.3, -0.25) is 9.48 Å². The maximum absolute atomic E-state index is 12.4. The van der Waals surface area contributed by atoms with Crippen molar-refractivity contribution in [2.45, 2.75) is 65.5 Å². The molecule has 0 bridgehead atoms. The lowest BCUT2D eigenvalue weighted by molar-refractivity contribution is 0.338. The molecule has 1 heterocycles. The standard InChI is InChI=1S/C14H25N3O/c1-5-8-16-13(9(2)3)12(15)14(18)17(16)10(4)11-6-7-11/h9-11H,5-8,15H2,1-4H3. The lowest BCUT2D eigenvalue weighted by Crippen LogP contribution is -2.28. The third kappa shape index (κ3) is 2.08. The van der Waals surface area contributed by atoms with Crippen LogP contribution < -0.4 is 11.3 Å². The fourth-order valence-corrected chi connectivity index (χ4v) is 2.83. The Balaban J connectivity index is 2.55. The Kier molecular flexibility index (Phi) is 3.55. The van der Waals surface area contributed by atoms with Gasteiger partial charge in [-0.15, -0.1) is 0 Å². The van der Waals surface area contributed by atoms with E-state index >= 15 is 0 Å². The molecule has 1 aromatic rings. The molecule has 1 aromatic heterocycles. The molecule has 1 unspecified atom stereocenters. The van der Waals surface area contributed by atoms with Gasteiger partial charge < -0.3 is 5.73 Å². The Morgan fingerprint density at radius 1 is 1.33 bits per heavy atom. The summed E-state index contributed by atoms with van der Waals surface area (Å²) in [5.41, 5.74) is 7.50. The van der Waals surface area contributed by atoms with Gasteiger partial charge in [0.05, 0.1) is 11.7 Å². The number of hydrogen-bond acceptors (Lipinski definition) is 2. The minimum absolute atomic E-state index is 0.00606. The Morgan fingerprint density at radius 3 is 2.39 bits per heavy atom. The molecule has 102 valence electrons. The van der Waals surface area contributed by atoms with Gasteiger partial charge in [0.25, 0.3) is 5.56 Å². The first-order valence-corrected chi connectivity index (χ1v) is 7.09. The number of rotatable bonds is 5. The smallest absolute Gasteiger partial charge is 0.290 e. The predicted molar refractivity (Wildman–Crippen MR) is 74.9 cm³/mol. The monoisotopic (exact) mass is 251 g/mol. The van der Waals surface area contributed by atoms with Gasteiger partial charge >= 0.3 is 0 Å². The molecule has 2 rings (SSSR count). The van der Waals surface area contributed by atoms with Crippen molar-refractivity contribution >= 4 is 5.69 Å². The van der Waals surface area contributed by atoms with E-state index < -0.39 is 0 Å². The summed E-state index contributed by atoms with van der Waals surface area (Å²) in [5.74, 6) is 0.949. The second-order valence-corrected chi connectivity index (χ2v) is 5.80. The van der Waals surface area contributed by atoms with E-state index in [1.165, 1.54) is 12.8 Å². The van der Waals surface area contributed by atoms with Crippen molar-refractivity contribution in [3.05, 3.63) is 16.0 Å². The van der Waals surface area contributed by atoms with E-state index in [1.807, 2.05) is 4.68 Å². The van der Waals surface area contributed by atoms with Crippen molar-refractivity contribution in [3.63, 3.8) is 0 Å². The van der Waals surface area contributed by atoms with Crippen molar-refractivity contribution in [1.82, 2.24) is 9.36 Å². The van der Waals surface area contributed by atoms with Crippen LogP contribution in [-0.2, 0) is 6.54 Å². The predicted octanol–water partition coefficient (Wildman–Crippen LogP) is 2.74. The zero-order chi connectivity index (χ0) is 13.4. The molecule has 0 amide bonds. The maximum atomic E-state index is 12.4. The van der Waals surface area contributed by atoms with Gasteiger partial charge in [-0.05, 0) is 38.0 Å². The van der Waals surface area contributed by atoms with Gasteiger partial charge in [-0.1, -0.05) is 20.8 Å². The summed E-state index contributed by atoms with van der Waals surface area (Å²) in [6.45, 7) is 9.36. The zero-order valence-electron chi connectivity index (χ0n) is 11.9. The van der Waals surface area contributed by atoms with E-state index in [0.717, 1.165) is 18.7 Å². The van der Waals surface area contributed by atoms with Gasteiger partial charge in [0.2, 0.25) is 0 Å². The highest BCUT2D eigenvalue weighted by molar-refractivity contribution is 5.43. The van der Waals surface area contributed by atoms with Crippen molar-refractivity contribution in [1.29, 1.82) is 0 Å². The van der Waals surface area contributed by atoms with Crippen LogP contribution in [0.3, 0.4) is 0 Å². The van der Waals surface area contributed by atoms with Crippen LogP contribution in [0.1, 0.15) is 64.6 Å². The third-order valence-electron chi connectivity index (χ3n) is 3.92. The molecule has 1 saturated carbocycles. The highest BCUT2D eigenvalue weighted by Gasteiger charge is 2.33.